The van der Waals surface area contributed by atoms with Crippen LogP contribution < -0.4 is 19.5 Å². The molecule has 1 aromatic heterocycles. The van der Waals surface area contributed by atoms with E-state index in [-0.39, 0.29) is 12.0 Å². The van der Waals surface area contributed by atoms with Gasteiger partial charge in [0.25, 0.3) is 5.91 Å². The molecule has 1 aliphatic rings. The van der Waals surface area contributed by atoms with Crippen molar-refractivity contribution in [3.63, 3.8) is 0 Å². The third-order valence-corrected chi connectivity index (χ3v) is 5.63. The second kappa shape index (κ2) is 9.31. The maximum absolute atomic E-state index is 13.1. The maximum atomic E-state index is 13.1. The summed E-state index contributed by atoms with van der Waals surface area (Å²) in [5.41, 5.74) is 2.01. The lowest BCUT2D eigenvalue weighted by molar-refractivity contribution is -0.0109. The molecule has 164 valence electrons. The molecule has 1 saturated heterocycles. The number of benzene rings is 2. The first-order valence-corrected chi connectivity index (χ1v) is 10.5. The summed E-state index contributed by atoms with van der Waals surface area (Å²) in [6.07, 6.45) is 3.35. The standard InChI is InChI=1S/C24H28N2O5/c1-26-19-11-12-22(28-2)23(29-3)17(19)14-20(26)24(27)25-18-9-4-5-10-21(18)31-15-16-8-6-7-13-30-16/h4-5,9-12,14,16H,6-8,13,15H2,1-3H3,(H,25,27). The number of carbonyl (C=O) groups excluding carboxylic acids is 1. The molecule has 1 N–H and O–H groups in total. The number of methoxy groups -OCH3 is 2. The van der Waals surface area contributed by atoms with Gasteiger partial charge in [-0.3, -0.25) is 4.79 Å². The number of nitrogens with one attached hydrogen (secondary N) is 1. The monoisotopic (exact) mass is 424 g/mol. The van der Waals surface area contributed by atoms with Crippen LogP contribution in [0.5, 0.6) is 17.2 Å². The zero-order valence-corrected chi connectivity index (χ0v) is 18.1. The Morgan fingerprint density at radius 2 is 1.97 bits per heavy atom. The van der Waals surface area contributed by atoms with Crippen LogP contribution in [0.15, 0.2) is 42.5 Å². The second-order valence-electron chi connectivity index (χ2n) is 7.57. The molecule has 4 rings (SSSR count). The van der Waals surface area contributed by atoms with Crippen molar-refractivity contribution >= 4 is 22.5 Å². The lowest BCUT2D eigenvalue weighted by atomic mass is 10.1. The van der Waals surface area contributed by atoms with Gasteiger partial charge in [-0.05, 0) is 49.6 Å². The number of rotatable bonds is 7. The molecule has 1 fully saturated rings. The van der Waals surface area contributed by atoms with E-state index in [1.807, 2.05) is 54.1 Å². The van der Waals surface area contributed by atoms with E-state index in [4.69, 9.17) is 18.9 Å². The number of aromatic nitrogens is 1. The Hall–Kier alpha value is -3.19. The van der Waals surface area contributed by atoms with Crippen molar-refractivity contribution in [2.75, 3.05) is 32.8 Å². The predicted molar refractivity (Wildman–Crippen MR) is 120 cm³/mol. The third kappa shape index (κ3) is 4.32. The van der Waals surface area contributed by atoms with Crippen LogP contribution in [0.2, 0.25) is 0 Å². The predicted octanol–water partition coefficient (Wildman–Crippen LogP) is 4.40. The molecule has 0 saturated carbocycles. The number of fused-ring (bicyclic) bond motifs is 1. The molecule has 3 aromatic rings. The van der Waals surface area contributed by atoms with E-state index < -0.39 is 0 Å². The maximum Gasteiger partial charge on any atom is 0.272 e. The van der Waals surface area contributed by atoms with E-state index in [0.717, 1.165) is 36.8 Å². The average molecular weight is 424 g/mol. The highest BCUT2D eigenvalue weighted by Crippen LogP contribution is 2.37. The number of aryl methyl sites for hydroxylation is 1. The summed E-state index contributed by atoms with van der Waals surface area (Å²) in [7, 11) is 5.04. The van der Waals surface area contributed by atoms with Gasteiger partial charge >= 0.3 is 0 Å². The van der Waals surface area contributed by atoms with Crippen molar-refractivity contribution in [3.05, 3.63) is 48.2 Å². The van der Waals surface area contributed by atoms with Crippen molar-refractivity contribution in [2.45, 2.75) is 25.4 Å². The molecule has 0 bridgehead atoms. The van der Waals surface area contributed by atoms with E-state index in [2.05, 4.69) is 5.32 Å². The van der Waals surface area contributed by atoms with Crippen LogP contribution in [-0.4, -0.2) is 44.0 Å². The Balaban J connectivity index is 1.56. The first-order chi connectivity index (χ1) is 15.1. The fourth-order valence-corrected chi connectivity index (χ4v) is 3.96. The summed E-state index contributed by atoms with van der Waals surface area (Å²) in [5, 5.41) is 3.80. The smallest absolute Gasteiger partial charge is 0.272 e. The first-order valence-electron chi connectivity index (χ1n) is 10.5. The molecule has 0 aliphatic carbocycles. The van der Waals surface area contributed by atoms with Gasteiger partial charge in [0.2, 0.25) is 0 Å². The highest BCUT2D eigenvalue weighted by molar-refractivity contribution is 6.08. The van der Waals surface area contributed by atoms with E-state index in [1.165, 1.54) is 0 Å². The molecule has 2 heterocycles. The van der Waals surface area contributed by atoms with Gasteiger partial charge < -0.3 is 28.8 Å². The van der Waals surface area contributed by atoms with Crippen LogP contribution in [0.1, 0.15) is 29.8 Å². The Morgan fingerprint density at radius 3 is 2.71 bits per heavy atom. The minimum atomic E-state index is -0.232. The molecule has 0 radical (unpaired) electrons. The Kier molecular flexibility index (Phi) is 6.32. The van der Waals surface area contributed by atoms with Crippen molar-refractivity contribution < 1.29 is 23.7 Å². The van der Waals surface area contributed by atoms with Gasteiger partial charge in [0, 0.05) is 19.0 Å². The Bertz CT molecular complexity index is 1070. The van der Waals surface area contributed by atoms with Gasteiger partial charge in [-0.1, -0.05) is 12.1 Å². The van der Waals surface area contributed by atoms with Crippen LogP contribution in [0.25, 0.3) is 10.9 Å². The molecule has 31 heavy (non-hydrogen) atoms. The van der Waals surface area contributed by atoms with Gasteiger partial charge in [0.05, 0.1) is 31.5 Å². The lowest BCUT2D eigenvalue weighted by Crippen LogP contribution is -2.26. The number of para-hydroxylation sites is 2. The van der Waals surface area contributed by atoms with Crippen LogP contribution in [0.3, 0.4) is 0 Å². The van der Waals surface area contributed by atoms with Gasteiger partial charge in [-0.15, -0.1) is 0 Å². The van der Waals surface area contributed by atoms with Crippen molar-refractivity contribution in [3.8, 4) is 17.2 Å². The summed E-state index contributed by atoms with van der Waals surface area (Å²) in [5.74, 6) is 1.62. The number of amides is 1. The van der Waals surface area contributed by atoms with E-state index >= 15 is 0 Å². The molecule has 1 aliphatic heterocycles. The summed E-state index contributed by atoms with van der Waals surface area (Å²) in [6.45, 7) is 1.25. The molecule has 0 spiro atoms. The summed E-state index contributed by atoms with van der Waals surface area (Å²) >= 11 is 0. The fourth-order valence-electron chi connectivity index (χ4n) is 3.96. The molecule has 7 heteroatoms. The molecule has 1 atom stereocenters. The number of carbonyl (C=O) groups is 1. The van der Waals surface area contributed by atoms with Gasteiger partial charge in [0.1, 0.15) is 18.1 Å². The van der Waals surface area contributed by atoms with Crippen LogP contribution in [-0.2, 0) is 11.8 Å². The highest BCUT2D eigenvalue weighted by Gasteiger charge is 2.20. The van der Waals surface area contributed by atoms with E-state index in [1.54, 1.807) is 14.2 Å². The highest BCUT2D eigenvalue weighted by atomic mass is 16.5. The lowest BCUT2D eigenvalue weighted by Gasteiger charge is -2.23. The fraction of sp³-hybridized carbons (Fsp3) is 0.375. The Labute approximate surface area is 181 Å². The quantitative estimate of drug-likeness (QED) is 0.609. The van der Waals surface area contributed by atoms with Crippen LogP contribution in [0, 0.1) is 0 Å². The third-order valence-electron chi connectivity index (χ3n) is 5.63. The molecular weight excluding hydrogens is 396 g/mol. The van der Waals surface area contributed by atoms with E-state index in [9.17, 15) is 4.79 Å². The number of anilines is 1. The molecule has 1 unspecified atom stereocenters. The average Bonchev–Trinajstić information content (AvgIpc) is 3.15. The molecular formula is C24H28N2O5. The zero-order chi connectivity index (χ0) is 21.8. The van der Waals surface area contributed by atoms with Gasteiger partial charge in [-0.2, -0.15) is 0 Å². The topological polar surface area (TPSA) is 71.0 Å². The van der Waals surface area contributed by atoms with Crippen molar-refractivity contribution in [1.82, 2.24) is 4.57 Å². The Morgan fingerprint density at radius 1 is 1.13 bits per heavy atom. The van der Waals surface area contributed by atoms with Gasteiger partial charge in [0.15, 0.2) is 11.5 Å². The SMILES string of the molecule is COc1ccc2c(cc(C(=O)Nc3ccccc3OCC3CCCCO3)n2C)c1OC. The zero-order valence-electron chi connectivity index (χ0n) is 18.1. The van der Waals surface area contributed by atoms with Crippen molar-refractivity contribution in [2.24, 2.45) is 7.05 Å². The normalized spacial score (nSPS) is 16.2. The van der Waals surface area contributed by atoms with Gasteiger partial charge in [-0.25, -0.2) is 0 Å². The summed E-state index contributed by atoms with van der Waals surface area (Å²) in [4.78, 5) is 13.1. The second-order valence-corrected chi connectivity index (χ2v) is 7.57. The number of hydrogen-bond acceptors (Lipinski definition) is 5. The molecule has 1 amide bonds. The van der Waals surface area contributed by atoms with Crippen molar-refractivity contribution in [1.29, 1.82) is 0 Å². The summed E-state index contributed by atoms with van der Waals surface area (Å²) in [6, 6.07) is 13.0. The number of hydrogen-bond donors (Lipinski definition) is 1. The van der Waals surface area contributed by atoms with Crippen LogP contribution in [0.4, 0.5) is 5.69 Å². The number of nitrogens with zero attached hydrogens (tertiary/aromatic N) is 1. The first kappa shape index (κ1) is 21.1. The largest absolute Gasteiger partial charge is 0.493 e. The molecule has 7 nitrogen and oxygen atoms in total. The minimum Gasteiger partial charge on any atom is -0.493 e. The molecule has 2 aromatic carbocycles. The minimum absolute atomic E-state index is 0.0955. The van der Waals surface area contributed by atoms with Crippen LogP contribution >= 0.6 is 0 Å². The van der Waals surface area contributed by atoms with E-state index in [0.29, 0.717) is 35.2 Å². The number of ether oxygens (including phenoxy) is 4. The summed E-state index contributed by atoms with van der Waals surface area (Å²) < 4.78 is 24.5.